The second kappa shape index (κ2) is 5.45. The second-order valence-electron chi connectivity index (χ2n) is 4.47. The molecule has 3 heterocycles. The molecular formula is C13H13N5OS2. The number of fused-ring (bicyclic) bond motifs is 1. The van der Waals surface area contributed by atoms with Gasteiger partial charge in [-0.2, -0.15) is 0 Å². The molecule has 1 amide bonds. The highest BCUT2D eigenvalue weighted by Gasteiger charge is 2.13. The zero-order valence-electron chi connectivity index (χ0n) is 11.7. The maximum atomic E-state index is 12.2. The Balaban J connectivity index is 1.85. The Morgan fingerprint density at radius 1 is 1.43 bits per heavy atom. The molecule has 0 fully saturated rings. The van der Waals surface area contributed by atoms with Crippen LogP contribution in [0.15, 0.2) is 22.8 Å². The molecule has 0 aliphatic carbocycles. The van der Waals surface area contributed by atoms with E-state index in [-0.39, 0.29) is 5.91 Å². The number of aryl methyl sites for hydroxylation is 2. The Bertz CT molecular complexity index is 823. The first-order valence-electron chi connectivity index (χ1n) is 6.18. The fraction of sp³-hybridized carbons (Fsp3) is 0.231. The monoisotopic (exact) mass is 319 g/mol. The van der Waals surface area contributed by atoms with Gasteiger partial charge < -0.3 is 4.57 Å². The van der Waals surface area contributed by atoms with Crippen LogP contribution in [0.1, 0.15) is 16.1 Å². The number of pyridine rings is 1. The minimum absolute atomic E-state index is 0.226. The number of rotatable bonds is 3. The number of nitrogens with one attached hydrogen (secondary N) is 1. The summed E-state index contributed by atoms with van der Waals surface area (Å²) in [5, 5.41) is 3.41. The number of nitrogens with zero attached hydrogens (tertiary/aromatic N) is 4. The molecule has 21 heavy (non-hydrogen) atoms. The molecule has 6 nitrogen and oxygen atoms in total. The molecule has 0 saturated heterocycles. The van der Waals surface area contributed by atoms with Gasteiger partial charge in [-0.1, -0.05) is 11.3 Å². The second-order valence-corrected chi connectivity index (χ2v) is 6.55. The van der Waals surface area contributed by atoms with E-state index in [1.165, 1.54) is 11.3 Å². The normalized spacial score (nSPS) is 11.0. The maximum Gasteiger partial charge on any atom is 0.259 e. The van der Waals surface area contributed by atoms with Crippen molar-refractivity contribution in [2.45, 2.75) is 11.1 Å². The third-order valence-electron chi connectivity index (χ3n) is 2.97. The van der Waals surface area contributed by atoms with Gasteiger partial charge in [-0.3, -0.25) is 10.1 Å². The van der Waals surface area contributed by atoms with Gasteiger partial charge in [0.25, 0.3) is 5.91 Å². The van der Waals surface area contributed by atoms with Gasteiger partial charge in [-0.15, -0.1) is 11.8 Å². The lowest BCUT2D eigenvalue weighted by Crippen LogP contribution is -2.12. The zero-order chi connectivity index (χ0) is 15.0. The van der Waals surface area contributed by atoms with Crippen molar-refractivity contribution in [3.05, 3.63) is 29.8 Å². The number of anilines is 1. The highest BCUT2D eigenvalue weighted by molar-refractivity contribution is 8.00. The van der Waals surface area contributed by atoms with Crippen molar-refractivity contribution in [3.63, 3.8) is 0 Å². The smallest absolute Gasteiger partial charge is 0.259 e. The fourth-order valence-corrected chi connectivity index (χ4v) is 3.54. The highest BCUT2D eigenvalue weighted by Crippen LogP contribution is 2.30. The molecule has 8 heteroatoms. The van der Waals surface area contributed by atoms with E-state index >= 15 is 0 Å². The van der Waals surface area contributed by atoms with Gasteiger partial charge in [0.2, 0.25) is 0 Å². The molecule has 3 aromatic rings. The van der Waals surface area contributed by atoms with E-state index < -0.39 is 0 Å². The number of carbonyl (C=O) groups is 1. The topological polar surface area (TPSA) is 72.7 Å². The fourth-order valence-electron chi connectivity index (χ4n) is 1.93. The molecule has 0 saturated carbocycles. The largest absolute Gasteiger partial charge is 0.318 e. The number of carbonyl (C=O) groups excluding carboxylic acids is 1. The van der Waals surface area contributed by atoms with Crippen LogP contribution in [0.25, 0.3) is 11.2 Å². The lowest BCUT2D eigenvalue weighted by Gasteiger charge is -2.01. The quantitative estimate of drug-likeness (QED) is 0.751. The van der Waals surface area contributed by atoms with Crippen LogP contribution in [0.2, 0.25) is 0 Å². The lowest BCUT2D eigenvalue weighted by molar-refractivity contribution is 0.102. The minimum atomic E-state index is -0.226. The van der Waals surface area contributed by atoms with Crippen molar-refractivity contribution < 1.29 is 4.79 Å². The van der Waals surface area contributed by atoms with E-state index in [0.29, 0.717) is 16.2 Å². The van der Waals surface area contributed by atoms with Crippen LogP contribution < -0.4 is 5.32 Å². The highest BCUT2D eigenvalue weighted by atomic mass is 32.2. The van der Waals surface area contributed by atoms with Crippen LogP contribution >= 0.6 is 23.1 Å². The molecule has 0 bridgehead atoms. The molecule has 0 unspecified atom stereocenters. The molecule has 1 N–H and O–H groups in total. The van der Waals surface area contributed by atoms with E-state index in [4.69, 9.17) is 0 Å². The number of aromatic nitrogens is 4. The lowest BCUT2D eigenvalue weighted by atomic mass is 10.2. The summed E-state index contributed by atoms with van der Waals surface area (Å²) in [6.07, 6.45) is 5.22. The number of hydrogen-bond donors (Lipinski definition) is 1. The number of imidazole rings is 1. The standard InChI is InChI=1S/C13H13N5OS2/c1-7-12(20-3)21-13(16-7)17-11(19)8-4-9-10(14-5-8)18(2)6-15-9/h4-6H,1-3H3,(H,16,17,19). The van der Waals surface area contributed by atoms with Crippen LogP contribution in [-0.4, -0.2) is 31.7 Å². The Labute approximate surface area is 129 Å². The Hall–Kier alpha value is -1.93. The van der Waals surface area contributed by atoms with Crippen LogP contribution in [-0.2, 0) is 7.05 Å². The number of thiazole rings is 1. The van der Waals surface area contributed by atoms with Crippen molar-refractivity contribution in [1.29, 1.82) is 0 Å². The minimum Gasteiger partial charge on any atom is -0.318 e. The van der Waals surface area contributed by atoms with Gasteiger partial charge in [0, 0.05) is 13.2 Å². The predicted octanol–water partition coefficient (Wildman–Crippen LogP) is 2.71. The van der Waals surface area contributed by atoms with Crippen molar-refractivity contribution >= 4 is 45.3 Å². The summed E-state index contributed by atoms with van der Waals surface area (Å²) in [6.45, 7) is 1.93. The van der Waals surface area contributed by atoms with Gasteiger partial charge >= 0.3 is 0 Å². The summed E-state index contributed by atoms with van der Waals surface area (Å²) in [4.78, 5) is 25.1. The molecule has 3 aromatic heterocycles. The zero-order valence-corrected chi connectivity index (χ0v) is 13.4. The summed E-state index contributed by atoms with van der Waals surface area (Å²) in [7, 11) is 1.87. The van der Waals surface area contributed by atoms with Gasteiger partial charge in [-0.25, -0.2) is 15.0 Å². The summed E-state index contributed by atoms with van der Waals surface area (Å²) < 4.78 is 2.91. The van der Waals surface area contributed by atoms with E-state index in [2.05, 4.69) is 20.3 Å². The van der Waals surface area contributed by atoms with Crippen LogP contribution in [0, 0.1) is 6.92 Å². The molecule has 0 spiro atoms. The Kier molecular flexibility index (Phi) is 3.64. The van der Waals surface area contributed by atoms with Crippen molar-refractivity contribution in [2.75, 3.05) is 11.6 Å². The molecule has 0 atom stereocenters. The maximum absolute atomic E-state index is 12.2. The van der Waals surface area contributed by atoms with Gasteiger partial charge in [-0.05, 0) is 19.2 Å². The summed E-state index contributed by atoms with van der Waals surface area (Å²) in [5.74, 6) is -0.226. The Morgan fingerprint density at radius 3 is 2.95 bits per heavy atom. The third kappa shape index (κ3) is 2.64. The first kappa shape index (κ1) is 14.0. The number of thioether (sulfide) groups is 1. The van der Waals surface area contributed by atoms with Crippen LogP contribution in [0.5, 0.6) is 0 Å². The summed E-state index contributed by atoms with van der Waals surface area (Å²) in [6, 6.07) is 1.73. The molecule has 0 radical (unpaired) electrons. The molecule has 0 aliphatic heterocycles. The van der Waals surface area contributed by atoms with Crippen LogP contribution in [0.3, 0.4) is 0 Å². The van der Waals surface area contributed by atoms with Crippen molar-refractivity contribution in [2.24, 2.45) is 7.05 Å². The first-order chi connectivity index (χ1) is 10.1. The van der Waals surface area contributed by atoms with Crippen molar-refractivity contribution in [1.82, 2.24) is 19.5 Å². The van der Waals surface area contributed by atoms with E-state index in [1.54, 1.807) is 30.4 Å². The molecule has 3 rings (SSSR count). The van der Waals surface area contributed by atoms with E-state index in [0.717, 1.165) is 15.6 Å². The van der Waals surface area contributed by atoms with E-state index in [1.807, 2.05) is 24.8 Å². The van der Waals surface area contributed by atoms with Gasteiger partial charge in [0.05, 0.1) is 21.8 Å². The average Bonchev–Trinajstić information content (AvgIpc) is 3.01. The van der Waals surface area contributed by atoms with Gasteiger partial charge in [0.15, 0.2) is 10.8 Å². The number of amides is 1. The van der Waals surface area contributed by atoms with Gasteiger partial charge in [0.1, 0.15) is 5.52 Å². The predicted molar refractivity (Wildman–Crippen MR) is 85.1 cm³/mol. The molecular weight excluding hydrogens is 306 g/mol. The Morgan fingerprint density at radius 2 is 2.24 bits per heavy atom. The molecule has 0 aromatic carbocycles. The SMILES string of the molecule is CSc1sc(NC(=O)c2cnc3c(c2)ncn3C)nc1C. The van der Waals surface area contributed by atoms with E-state index in [9.17, 15) is 4.79 Å². The van der Waals surface area contributed by atoms with Crippen molar-refractivity contribution in [3.8, 4) is 0 Å². The average molecular weight is 319 g/mol. The third-order valence-corrected chi connectivity index (χ3v) is 5.26. The summed E-state index contributed by atoms with van der Waals surface area (Å²) in [5.41, 5.74) is 2.85. The molecule has 108 valence electrons. The first-order valence-corrected chi connectivity index (χ1v) is 8.22. The molecule has 0 aliphatic rings. The summed E-state index contributed by atoms with van der Waals surface area (Å²) >= 11 is 3.09. The van der Waals surface area contributed by atoms with Crippen LogP contribution in [0.4, 0.5) is 5.13 Å². The number of hydrogen-bond acceptors (Lipinski definition) is 6.